The molecule has 258 valence electrons. The molecule has 10 aromatic rings. The van der Waals surface area contributed by atoms with Gasteiger partial charge in [-0.1, -0.05) is 103 Å². The van der Waals surface area contributed by atoms with Crippen molar-refractivity contribution < 1.29 is 0 Å². The third-order valence-corrected chi connectivity index (χ3v) is 10.7. The lowest BCUT2D eigenvalue weighted by molar-refractivity contribution is 1.10. The van der Waals surface area contributed by atoms with Crippen LogP contribution in [-0.2, 0) is 0 Å². The van der Waals surface area contributed by atoms with Gasteiger partial charge in [0.15, 0.2) is 11.4 Å². The fourth-order valence-electron chi connectivity index (χ4n) is 8.22. The van der Waals surface area contributed by atoms with Crippen molar-refractivity contribution in [2.75, 3.05) is 0 Å². The van der Waals surface area contributed by atoms with Gasteiger partial charge in [0.25, 0.3) is 0 Å². The van der Waals surface area contributed by atoms with Crippen molar-refractivity contribution in [3.05, 3.63) is 199 Å². The molecule has 0 saturated heterocycles. The van der Waals surface area contributed by atoms with E-state index in [0.717, 1.165) is 88.4 Å². The van der Waals surface area contributed by atoms with Gasteiger partial charge in [0, 0.05) is 33.9 Å². The number of para-hydroxylation sites is 3. The van der Waals surface area contributed by atoms with Crippen LogP contribution in [0.25, 0.3) is 98.1 Å². The molecule has 0 N–H and O–H groups in total. The maximum atomic E-state index is 10.0. The van der Waals surface area contributed by atoms with Crippen molar-refractivity contribution in [3.8, 4) is 50.8 Å². The minimum Gasteiger partial charge on any atom is -0.308 e. The first-order chi connectivity index (χ1) is 27.7. The van der Waals surface area contributed by atoms with Gasteiger partial charge >= 0.3 is 0 Å². The molecule has 10 rings (SSSR count). The molecule has 7 aromatic carbocycles. The maximum absolute atomic E-state index is 10.0. The molecule has 0 atom stereocenters. The average molecular weight is 713 g/mol. The molecule has 0 amide bonds. The highest BCUT2D eigenvalue weighted by atomic mass is 15.1. The van der Waals surface area contributed by atoms with Crippen LogP contribution in [0.15, 0.2) is 170 Å². The fraction of sp³-hybridized carbons (Fsp3) is 0. The van der Waals surface area contributed by atoms with Gasteiger partial charge in [-0.25, -0.2) is 9.69 Å². The van der Waals surface area contributed by atoms with E-state index in [4.69, 9.17) is 13.1 Å². The lowest BCUT2D eigenvalue weighted by Crippen LogP contribution is -2.04. The van der Waals surface area contributed by atoms with Crippen molar-refractivity contribution in [2.45, 2.75) is 0 Å². The van der Waals surface area contributed by atoms with E-state index in [1.807, 2.05) is 72.8 Å². The van der Waals surface area contributed by atoms with Gasteiger partial charge in [-0.3, -0.25) is 4.98 Å². The number of fused-ring (bicyclic) bond motifs is 6. The normalized spacial score (nSPS) is 11.2. The number of pyridine rings is 1. The maximum Gasteiger partial charge on any atom is 0.197 e. The van der Waals surface area contributed by atoms with Crippen LogP contribution in [0.4, 0.5) is 11.4 Å². The summed E-state index contributed by atoms with van der Waals surface area (Å²) in [6.45, 7) is 16.4. The Morgan fingerprint density at radius 1 is 0.446 bits per heavy atom. The summed E-state index contributed by atoms with van der Waals surface area (Å²) in [6, 6.07) is 55.4. The second-order valence-electron chi connectivity index (χ2n) is 13.7. The van der Waals surface area contributed by atoms with E-state index in [-0.39, 0.29) is 0 Å². The van der Waals surface area contributed by atoms with Gasteiger partial charge in [-0.2, -0.15) is 5.26 Å². The Kier molecular flexibility index (Phi) is 7.53. The lowest BCUT2D eigenvalue weighted by atomic mass is 9.99. The Labute approximate surface area is 322 Å². The van der Waals surface area contributed by atoms with E-state index >= 15 is 0 Å². The van der Waals surface area contributed by atoms with E-state index < -0.39 is 0 Å². The molecular weight excluding hydrogens is 685 g/mol. The van der Waals surface area contributed by atoms with Gasteiger partial charge in [-0.05, 0) is 88.0 Å². The van der Waals surface area contributed by atoms with E-state index in [1.165, 1.54) is 0 Å². The van der Waals surface area contributed by atoms with Crippen molar-refractivity contribution in [1.29, 1.82) is 5.26 Å². The molecule has 56 heavy (non-hydrogen) atoms. The van der Waals surface area contributed by atoms with Gasteiger partial charge < -0.3 is 9.13 Å². The molecule has 6 nitrogen and oxygen atoms in total. The zero-order chi connectivity index (χ0) is 37.8. The number of hydrogen-bond donors (Lipinski definition) is 0. The van der Waals surface area contributed by atoms with Crippen LogP contribution in [0.1, 0.15) is 5.56 Å². The molecule has 0 aliphatic rings. The topological polar surface area (TPSA) is 55.3 Å². The zero-order valence-electron chi connectivity index (χ0n) is 29.8. The van der Waals surface area contributed by atoms with E-state index in [2.05, 4.69) is 115 Å². The number of hydrogen-bond acceptors (Lipinski definition) is 2. The summed E-state index contributed by atoms with van der Waals surface area (Å²) in [5.41, 5.74) is 12.7. The number of nitrogens with zero attached hydrogens (tertiary/aromatic N) is 6. The second kappa shape index (κ2) is 13.0. The van der Waals surface area contributed by atoms with Gasteiger partial charge in [0.05, 0.1) is 58.2 Å². The molecule has 0 radical (unpaired) electrons. The SMILES string of the molecule is [C-]#[N+]c1ccccc1-c1ccc2c3ccccc3n(-c3cc(-c4ccncc4)c([N+]#[C-])cc3-n3c4ccccc4c4ccc(-c5ccccc5C#N)cc43)c2c1. The van der Waals surface area contributed by atoms with Crippen LogP contribution < -0.4 is 0 Å². The average Bonchev–Trinajstić information content (AvgIpc) is 3.78. The third kappa shape index (κ3) is 4.97. The highest BCUT2D eigenvalue weighted by molar-refractivity contribution is 6.13. The number of aromatic nitrogens is 3. The predicted octanol–water partition coefficient (Wildman–Crippen LogP) is 13.3. The minimum atomic E-state index is 0.513. The summed E-state index contributed by atoms with van der Waals surface area (Å²) >= 11 is 0. The summed E-state index contributed by atoms with van der Waals surface area (Å²) in [5, 5.41) is 14.4. The van der Waals surface area contributed by atoms with Gasteiger partial charge in [-0.15, -0.1) is 0 Å². The first kappa shape index (κ1) is 32.4. The summed E-state index contributed by atoms with van der Waals surface area (Å²) < 4.78 is 4.57. The second-order valence-corrected chi connectivity index (χ2v) is 13.7. The van der Waals surface area contributed by atoms with Crippen molar-refractivity contribution in [1.82, 2.24) is 14.1 Å². The summed E-state index contributed by atoms with van der Waals surface area (Å²) in [4.78, 5) is 12.3. The Bertz CT molecular complexity index is 3350. The molecule has 0 aliphatic heterocycles. The Hall–Kier alpha value is -8.24. The predicted molar refractivity (Wildman–Crippen MR) is 226 cm³/mol. The molecule has 3 aromatic heterocycles. The molecule has 0 bridgehead atoms. The van der Waals surface area contributed by atoms with Crippen LogP contribution in [0.3, 0.4) is 0 Å². The van der Waals surface area contributed by atoms with Crippen LogP contribution in [-0.4, -0.2) is 14.1 Å². The number of benzene rings is 7. The van der Waals surface area contributed by atoms with E-state index in [9.17, 15) is 5.26 Å². The minimum absolute atomic E-state index is 0.513. The fourth-order valence-corrected chi connectivity index (χ4v) is 8.22. The first-order valence-corrected chi connectivity index (χ1v) is 18.2. The molecule has 0 fully saturated rings. The standard InChI is InChI=1S/C50H28N6/c1-52-43-16-8-5-13-37(43)34-20-22-41-38-14-6-9-17-45(38)55(48(41)28-34)49-29-42(32-23-25-54-26-24-32)44(53-2)30-50(49)56-46-18-10-7-15-39(46)40-21-19-33(27-47(40)56)36-12-4-3-11-35(36)31-51/h3-30H. The molecule has 3 heterocycles. The van der Waals surface area contributed by atoms with Crippen LogP contribution in [0, 0.1) is 24.5 Å². The Morgan fingerprint density at radius 3 is 1.59 bits per heavy atom. The van der Waals surface area contributed by atoms with Crippen LogP contribution in [0.5, 0.6) is 0 Å². The Balaban J connectivity index is 1.37. The largest absolute Gasteiger partial charge is 0.308 e. The highest BCUT2D eigenvalue weighted by Crippen LogP contribution is 2.44. The van der Waals surface area contributed by atoms with E-state index in [1.54, 1.807) is 12.4 Å². The molecular formula is C50H28N6. The molecule has 0 saturated carbocycles. The molecule has 6 heteroatoms. The molecule has 0 aliphatic carbocycles. The summed E-state index contributed by atoms with van der Waals surface area (Å²) in [7, 11) is 0. The first-order valence-electron chi connectivity index (χ1n) is 18.2. The molecule has 0 spiro atoms. The van der Waals surface area contributed by atoms with Crippen LogP contribution in [0.2, 0.25) is 0 Å². The van der Waals surface area contributed by atoms with Crippen molar-refractivity contribution in [3.63, 3.8) is 0 Å². The summed E-state index contributed by atoms with van der Waals surface area (Å²) in [6.07, 6.45) is 3.51. The molecule has 0 unspecified atom stereocenters. The van der Waals surface area contributed by atoms with Crippen molar-refractivity contribution >= 4 is 55.0 Å². The van der Waals surface area contributed by atoms with Gasteiger partial charge in [0.1, 0.15) is 0 Å². The number of rotatable bonds is 5. The Morgan fingerprint density at radius 2 is 0.964 bits per heavy atom. The van der Waals surface area contributed by atoms with E-state index in [0.29, 0.717) is 16.9 Å². The summed E-state index contributed by atoms with van der Waals surface area (Å²) in [5.74, 6) is 0. The van der Waals surface area contributed by atoms with Crippen molar-refractivity contribution in [2.24, 2.45) is 0 Å². The smallest absolute Gasteiger partial charge is 0.197 e. The zero-order valence-corrected chi connectivity index (χ0v) is 29.8. The monoisotopic (exact) mass is 712 g/mol. The number of nitriles is 1. The third-order valence-electron chi connectivity index (χ3n) is 10.7. The quantitative estimate of drug-likeness (QED) is 0.167. The lowest BCUT2D eigenvalue weighted by Gasteiger charge is -2.20. The highest BCUT2D eigenvalue weighted by Gasteiger charge is 2.23. The van der Waals surface area contributed by atoms with Gasteiger partial charge in [0.2, 0.25) is 0 Å². The van der Waals surface area contributed by atoms with Crippen LogP contribution >= 0.6 is 0 Å².